The van der Waals surface area contributed by atoms with Crippen molar-refractivity contribution in [3.63, 3.8) is 0 Å². The number of hydrogen-bond donors (Lipinski definition) is 1. The molecule has 1 aromatic carbocycles. The van der Waals surface area contributed by atoms with E-state index in [1.54, 1.807) is 17.0 Å². The van der Waals surface area contributed by atoms with E-state index in [-0.39, 0.29) is 23.1 Å². The highest BCUT2D eigenvalue weighted by atomic mass is 16.2. The molecule has 6 heteroatoms. The Morgan fingerprint density at radius 1 is 1.10 bits per heavy atom. The van der Waals surface area contributed by atoms with Crippen LogP contribution in [0, 0.1) is 0 Å². The highest BCUT2D eigenvalue weighted by Crippen LogP contribution is 2.21. The molecule has 0 saturated carbocycles. The van der Waals surface area contributed by atoms with Crippen molar-refractivity contribution < 1.29 is 9.59 Å². The number of pyridine rings is 1. The molecule has 0 radical (unpaired) electrons. The van der Waals surface area contributed by atoms with Gasteiger partial charge in [0.1, 0.15) is 11.1 Å². The molecule has 2 amide bonds. The van der Waals surface area contributed by atoms with E-state index < -0.39 is 11.3 Å². The van der Waals surface area contributed by atoms with E-state index in [0.29, 0.717) is 13.1 Å². The lowest BCUT2D eigenvalue weighted by atomic mass is 9.98. The van der Waals surface area contributed by atoms with Gasteiger partial charge in [-0.1, -0.05) is 37.3 Å². The van der Waals surface area contributed by atoms with Crippen molar-refractivity contribution in [2.45, 2.75) is 51.6 Å². The number of hydrogen-bond acceptors (Lipinski definition) is 3. The number of nitrogens with one attached hydrogen (secondary N) is 1. The third kappa shape index (κ3) is 4.75. The number of aryl methyl sites for hydroxylation is 2. The molecule has 1 unspecified atom stereocenters. The second kappa shape index (κ2) is 9.54. The van der Waals surface area contributed by atoms with Gasteiger partial charge in [-0.2, -0.15) is 0 Å². The first-order chi connectivity index (χ1) is 14.0. The van der Waals surface area contributed by atoms with Crippen molar-refractivity contribution in [2.24, 2.45) is 0 Å². The number of benzene rings is 1. The summed E-state index contributed by atoms with van der Waals surface area (Å²) in [6, 6.07) is 10.1. The molecule has 1 fully saturated rings. The van der Waals surface area contributed by atoms with Gasteiger partial charge in [0.2, 0.25) is 5.43 Å². The smallest absolute Gasteiger partial charge is 0.259 e. The van der Waals surface area contributed by atoms with E-state index in [0.717, 1.165) is 37.7 Å². The van der Waals surface area contributed by atoms with Crippen LogP contribution in [-0.4, -0.2) is 40.9 Å². The Morgan fingerprint density at radius 2 is 1.83 bits per heavy atom. The summed E-state index contributed by atoms with van der Waals surface area (Å²) in [5.41, 5.74) is 0.754. The largest absolute Gasteiger partial charge is 0.355 e. The van der Waals surface area contributed by atoms with Gasteiger partial charge in [0.25, 0.3) is 11.8 Å². The maximum Gasteiger partial charge on any atom is 0.259 e. The molecule has 1 aliphatic rings. The molecule has 1 atom stereocenters. The normalized spacial score (nSPS) is 16.5. The van der Waals surface area contributed by atoms with Crippen LogP contribution in [0.3, 0.4) is 0 Å². The molecule has 1 N–H and O–H groups in total. The fourth-order valence-corrected chi connectivity index (χ4v) is 3.96. The van der Waals surface area contributed by atoms with Gasteiger partial charge < -0.3 is 14.8 Å². The molecule has 0 bridgehead atoms. The van der Waals surface area contributed by atoms with Crippen molar-refractivity contribution in [1.82, 2.24) is 14.8 Å². The summed E-state index contributed by atoms with van der Waals surface area (Å²) in [5.74, 6) is -0.732. The third-order valence-electron chi connectivity index (χ3n) is 5.64. The van der Waals surface area contributed by atoms with Crippen LogP contribution >= 0.6 is 0 Å². The van der Waals surface area contributed by atoms with E-state index in [4.69, 9.17) is 0 Å². The number of rotatable bonds is 6. The number of carbonyl (C=O) groups is 2. The highest BCUT2D eigenvalue weighted by Gasteiger charge is 2.29. The van der Waals surface area contributed by atoms with E-state index in [9.17, 15) is 14.4 Å². The minimum absolute atomic E-state index is 0.0106. The van der Waals surface area contributed by atoms with E-state index >= 15 is 0 Å². The summed E-state index contributed by atoms with van der Waals surface area (Å²) in [4.78, 5) is 40.3. The second-order valence-electron chi connectivity index (χ2n) is 7.52. The van der Waals surface area contributed by atoms with Crippen LogP contribution in [-0.2, 0) is 13.0 Å². The van der Waals surface area contributed by atoms with Crippen LogP contribution in [0.25, 0.3) is 0 Å². The van der Waals surface area contributed by atoms with Crippen molar-refractivity contribution in [1.29, 1.82) is 0 Å². The first kappa shape index (κ1) is 20.8. The van der Waals surface area contributed by atoms with Gasteiger partial charge in [-0.3, -0.25) is 14.4 Å². The maximum atomic E-state index is 13.3. The third-order valence-corrected chi connectivity index (χ3v) is 5.64. The van der Waals surface area contributed by atoms with Crippen molar-refractivity contribution in [2.75, 3.05) is 13.6 Å². The number of nitrogens with zero attached hydrogens (tertiary/aromatic N) is 2. The van der Waals surface area contributed by atoms with E-state index in [1.807, 2.05) is 35.2 Å². The predicted octanol–water partition coefficient (Wildman–Crippen LogP) is 2.86. The van der Waals surface area contributed by atoms with Crippen LogP contribution in [0.5, 0.6) is 0 Å². The molecule has 0 aliphatic carbocycles. The minimum atomic E-state index is -0.495. The summed E-state index contributed by atoms with van der Waals surface area (Å²) in [6.07, 6.45) is 7.77. The Morgan fingerprint density at radius 3 is 2.52 bits per heavy atom. The molecule has 29 heavy (non-hydrogen) atoms. The summed E-state index contributed by atoms with van der Waals surface area (Å²) in [7, 11) is 1.49. The summed E-state index contributed by atoms with van der Waals surface area (Å²) < 4.78 is 1.79. The average Bonchev–Trinajstić information content (AvgIpc) is 2.78. The first-order valence-electron chi connectivity index (χ1n) is 10.4. The van der Waals surface area contributed by atoms with Gasteiger partial charge in [0.15, 0.2) is 0 Å². The second-order valence-corrected chi connectivity index (χ2v) is 7.52. The molecule has 0 spiro atoms. The Hall–Kier alpha value is -2.89. The fraction of sp³-hybridized carbons (Fsp3) is 0.435. The quantitative estimate of drug-likeness (QED) is 0.818. The summed E-state index contributed by atoms with van der Waals surface area (Å²) in [5, 5.41) is 2.51. The first-order valence-corrected chi connectivity index (χ1v) is 10.4. The number of carbonyl (C=O) groups excluding carboxylic acids is 2. The Bertz CT molecular complexity index is 921. The van der Waals surface area contributed by atoms with Crippen LogP contribution in [0.4, 0.5) is 0 Å². The Kier molecular flexibility index (Phi) is 6.86. The number of aromatic nitrogens is 1. The molecule has 1 aliphatic heterocycles. The Labute approximate surface area is 171 Å². The molecule has 1 aromatic heterocycles. The predicted molar refractivity (Wildman–Crippen MR) is 113 cm³/mol. The summed E-state index contributed by atoms with van der Waals surface area (Å²) >= 11 is 0. The molecule has 1 saturated heterocycles. The average molecular weight is 396 g/mol. The molecule has 154 valence electrons. The fourth-order valence-electron chi connectivity index (χ4n) is 3.96. The Balaban J connectivity index is 1.95. The highest BCUT2D eigenvalue weighted by molar-refractivity contribution is 5.99. The molecule has 3 rings (SSSR count). The number of amides is 2. The van der Waals surface area contributed by atoms with E-state index in [1.165, 1.54) is 7.05 Å². The molecule has 2 heterocycles. The van der Waals surface area contributed by atoms with Gasteiger partial charge in [-0.05, 0) is 37.7 Å². The van der Waals surface area contributed by atoms with Gasteiger partial charge in [0.05, 0.1) is 0 Å². The molecule has 6 nitrogen and oxygen atoms in total. The monoisotopic (exact) mass is 395 g/mol. The van der Waals surface area contributed by atoms with Crippen LogP contribution in [0.2, 0.25) is 0 Å². The lowest BCUT2D eigenvalue weighted by Crippen LogP contribution is -2.45. The van der Waals surface area contributed by atoms with Crippen LogP contribution in [0.1, 0.15) is 58.9 Å². The van der Waals surface area contributed by atoms with Crippen molar-refractivity contribution in [3.05, 3.63) is 69.6 Å². The lowest BCUT2D eigenvalue weighted by molar-refractivity contribution is 0.0605. The lowest BCUT2D eigenvalue weighted by Gasteiger charge is -2.35. The van der Waals surface area contributed by atoms with Crippen LogP contribution < -0.4 is 10.7 Å². The van der Waals surface area contributed by atoms with Crippen LogP contribution in [0.15, 0.2) is 47.5 Å². The van der Waals surface area contributed by atoms with Gasteiger partial charge in [-0.25, -0.2) is 0 Å². The van der Waals surface area contributed by atoms with Gasteiger partial charge in [0, 0.05) is 38.6 Å². The zero-order valence-electron chi connectivity index (χ0n) is 17.2. The zero-order valence-corrected chi connectivity index (χ0v) is 17.2. The van der Waals surface area contributed by atoms with Crippen molar-refractivity contribution in [3.8, 4) is 0 Å². The minimum Gasteiger partial charge on any atom is -0.355 e. The topological polar surface area (TPSA) is 71.4 Å². The molecular formula is C23H29N3O3. The molecular weight excluding hydrogens is 366 g/mol. The standard InChI is InChI=1S/C23H29N3O3/c1-3-18-11-7-8-13-26(18)23(29)20-16-25(14-12-17-9-5-4-6-10-17)15-19(21(20)27)22(28)24-2/h4-6,9-10,15-16,18H,3,7-8,11-14H2,1-2H3,(H,24,28). The van der Waals surface area contributed by atoms with E-state index in [2.05, 4.69) is 12.2 Å². The number of piperidine rings is 1. The van der Waals surface area contributed by atoms with Gasteiger partial charge in [-0.15, -0.1) is 0 Å². The zero-order chi connectivity index (χ0) is 20.8. The number of likely N-dealkylation sites (tertiary alicyclic amines) is 1. The SMILES string of the molecule is CCC1CCCCN1C(=O)c1cn(CCc2ccccc2)cc(C(=O)NC)c1=O. The maximum absolute atomic E-state index is 13.3. The summed E-state index contributed by atoms with van der Waals surface area (Å²) in [6.45, 7) is 3.30. The van der Waals surface area contributed by atoms with Gasteiger partial charge >= 0.3 is 0 Å². The molecule has 2 aromatic rings. The van der Waals surface area contributed by atoms with Crippen molar-refractivity contribution >= 4 is 11.8 Å².